The van der Waals surface area contributed by atoms with Crippen LogP contribution in [0.2, 0.25) is 5.15 Å². The number of hydrogen-bond acceptors (Lipinski definition) is 3. The molecule has 0 saturated heterocycles. The molecular formula is C20H18ClNO2. The van der Waals surface area contributed by atoms with E-state index in [0.29, 0.717) is 16.3 Å². The van der Waals surface area contributed by atoms with E-state index < -0.39 is 5.92 Å². The Hall–Kier alpha value is -2.26. The summed E-state index contributed by atoms with van der Waals surface area (Å²) in [6.07, 6.45) is 3.42. The summed E-state index contributed by atoms with van der Waals surface area (Å²) in [5.41, 5.74) is 5.10. The van der Waals surface area contributed by atoms with Crippen LogP contribution >= 0.6 is 11.6 Å². The quantitative estimate of drug-likeness (QED) is 0.463. The molecule has 0 amide bonds. The second kappa shape index (κ2) is 6.33. The summed E-state index contributed by atoms with van der Waals surface area (Å²) in [6, 6.07) is 7.58. The van der Waals surface area contributed by atoms with E-state index in [1.807, 2.05) is 32.9 Å². The van der Waals surface area contributed by atoms with E-state index in [4.69, 9.17) is 11.6 Å². The molecule has 1 aliphatic carbocycles. The molecule has 122 valence electrons. The fraction of sp³-hybridized carbons (Fsp3) is 0.250. The van der Waals surface area contributed by atoms with Gasteiger partial charge in [0.1, 0.15) is 11.1 Å². The predicted molar refractivity (Wildman–Crippen MR) is 95.2 cm³/mol. The number of benzene rings is 1. The van der Waals surface area contributed by atoms with Crippen LogP contribution in [0.1, 0.15) is 40.2 Å². The molecule has 1 aromatic carbocycles. The summed E-state index contributed by atoms with van der Waals surface area (Å²) < 4.78 is 0. The lowest BCUT2D eigenvalue weighted by Gasteiger charge is -2.15. The van der Waals surface area contributed by atoms with Gasteiger partial charge in [-0.2, -0.15) is 0 Å². The number of carbonyl (C=O) groups is 2. The monoisotopic (exact) mass is 339 g/mol. The van der Waals surface area contributed by atoms with Crippen molar-refractivity contribution >= 4 is 29.2 Å². The van der Waals surface area contributed by atoms with E-state index in [-0.39, 0.29) is 18.0 Å². The minimum Gasteiger partial charge on any atom is -0.298 e. The molecule has 1 saturated carbocycles. The van der Waals surface area contributed by atoms with Crippen LogP contribution in [0, 0.1) is 20.8 Å². The molecule has 1 atom stereocenters. The van der Waals surface area contributed by atoms with Crippen molar-refractivity contribution in [3.63, 3.8) is 0 Å². The first-order valence-electron chi connectivity index (χ1n) is 7.84. The Bertz CT molecular complexity index is 860. The van der Waals surface area contributed by atoms with E-state index in [1.54, 1.807) is 24.4 Å². The third kappa shape index (κ3) is 2.92. The average molecular weight is 340 g/mol. The van der Waals surface area contributed by atoms with Crippen molar-refractivity contribution in [1.29, 1.82) is 0 Å². The van der Waals surface area contributed by atoms with E-state index in [1.165, 1.54) is 0 Å². The Morgan fingerprint density at radius 2 is 1.83 bits per heavy atom. The minimum absolute atomic E-state index is 0.0543. The molecule has 0 N–H and O–H groups in total. The summed E-state index contributed by atoms with van der Waals surface area (Å²) in [5.74, 6) is -0.886. The number of hydrogen-bond donors (Lipinski definition) is 0. The molecule has 1 heterocycles. The average Bonchev–Trinajstić information content (AvgIpc) is 2.76. The Kier molecular flexibility index (Phi) is 4.37. The third-order valence-corrected chi connectivity index (χ3v) is 4.73. The SMILES string of the molecule is Cc1cc(C)c(C2C(=O)CC(=Cc3cccnc3Cl)C2=O)c(C)c1. The van der Waals surface area contributed by atoms with Crippen molar-refractivity contribution in [3.8, 4) is 0 Å². The zero-order chi connectivity index (χ0) is 17.4. The van der Waals surface area contributed by atoms with Crippen molar-refractivity contribution in [2.75, 3.05) is 0 Å². The van der Waals surface area contributed by atoms with Gasteiger partial charge in [-0.25, -0.2) is 4.98 Å². The number of allylic oxidation sites excluding steroid dienone is 1. The van der Waals surface area contributed by atoms with E-state index in [0.717, 1.165) is 22.3 Å². The molecule has 0 bridgehead atoms. The topological polar surface area (TPSA) is 47.0 Å². The molecule has 24 heavy (non-hydrogen) atoms. The number of aromatic nitrogens is 1. The van der Waals surface area contributed by atoms with E-state index in [9.17, 15) is 9.59 Å². The highest BCUT2D eigenvalue weighted by Gasteiger charge is 2.39. The van der Waals surface area contributed by atoms with Gasteiger partial charge in [0.15, 0.2) is 11.6 Å². The number of rotatable bonds is 2. The number of ketones is 2. The molecule has 0 spiro atoms. The van der Waals surface area contributed by atoms with Gasteiger partial charge < -0.3 is 0 Å². The molecule has 1 fully saturated rings. The zero-order valence-corrected chi connectivity index (χ0v) is 14.6. The second-order valence-corrected chi connectivity index (χ2v) is 6.66. The minimum atomic E-state index is -0.702. The highest BCUT2D eigenvalue weighted by Crippen LogP contribution is 2.37. The molecular weight excluding hydrogens is 322 g/mol. The van der Waals surface area contributed by atoms with Crippen LogP contribution in [0.25, 0.3) is 6.08 Å². The van der Waals surface area contributed by atoms with Crippen molar-refractivity contribution in [2.45, 2.75) is 33.1 Å². The van der Waals surface area contributed by atoms with Crippen LogP contribution in [0.4, 0.5) is 0 Å². The summed E-state index contributed by atoms with van der Waals surface area (Å²) in [7, 11) is 0. The summed E-state index contributed by atoms with van der Waals surface area (Å²) in [4.78, 5) is 29.4. The van der Waals surface area contributed by atoms with Gasteiger partial charge >= 0.3 is 0 Å². The smallest absolute Gasteiger partial charge is 0.174 e. The van der Waals surface area contributed by atoms with Crippen LogP contribution in [0.15, 0.2) is 36.0 Å². The van der Waals surface area contributed by atoms with Crippen LogP contribution in [0.3, 0.4) is 0 Å². The summed E-state index contributed by atoms with van der Waals surface area (Å²) in [5, 5.41) is 0.330. The lowest BCUT2D eigenvalue weighted by Crippen LogP contribution is -2.15. The van der Waals surface area contributed by atoms with Gasteiger partial charge in [-0.15, -0.1) is 0 Å². The molecule has 1 aliphatic rings. The van der Waals surface area contributed by atoms with Crippen molar-refractivity contribution < 1.29 is 9.59 Å². The summed E-state index contributed by atoms with van der Waals surface area (Å²) in [6.45, 7) is 5.92. The number of nitrogens with zero attached hydrogens (tertiary/aromatic N) is 1. The van der Waals surface area contributed by atoms with Gasteiger partial charge in [0.05, 0.1) is 0 Å². The van der Waals surface area contributed by atoms with Crippen molar-refractivity contribution in [3.05, 3.63) is 69.0 Å². The Morgan fingerprint density at radius 1 is 1.17 bits per heavy atom. The fourth-order valence-corrected chi connectivity index (χ4v) is 3.64. The second-order valence-electron chi connectivity index (χ2n) is 6.31. The molecule has 0 aliphatic heterocycles. The van der Waals surface area contributed by atoms with Crippen molar-refractivity contribution in [2.24, 2.45) is 0 Å². The Labute approximate surface area is 146 Å². The van der Waals surface area contributed by atoms with Gasteiger partial charge in [0.25, 0.3) is 0 Å². The molecule has 3 nitrogen and oxygen atoms in total. The van der Waals surface area contributed by atoms with Crippen LogP contribution in [-0.2, 0) is 9.59 Å². The summed E-state index contributed by atoms with van der Waals surface area (Å²) >= 11 is 6.06. The number of Topliss-reactive ketones (excluding diaryl/α,β-unsaturated/α-hetero) is 2. The fourth-order valence-electron chi connectivity index (χ4n) is 3.46. The lowest BCUT2D eigenvalue weighted by atomic mass is 9.87. The first-order chi connectivity index (χ1) is 11.4. The van der Waals surface area contributed by atoms with Gasteiger partial charge in [-0.05, 0) is 49.6 Å². The maximum absolute atomic E-state index is 12.9. The number of halogens is 1. The highest BCUT2D eigenvalue weighted by molar-refractivity contribution is 6.31. The van der Waals surface area contributed by atoms with Gasteiger partial charge in [-0.1, -0.05) is 35.4 Å². The molecule has 3 rings (SSSR count). The van der Waals surface area contributed by atoms with Crippen LogP contribution in [0.5, 0.6) is 0 Å². The van der Waals surface area contributed by atoms with Gasteiger partial charge in [-0.3, -0.25) is 9.59 Å². The largest absolute Gasteiger partial charge is 0.298 e. The maximum atomic E-state index is 12.9. The normalized spacial score (nSPS) is 19.3. The molecule has 1 unspecified atom stereocenters. The lowest BCUT2D eigenvalue weighted by molar-refractivity contribution is -0.123. The zero-order valence-electron chi connectivity index (χ0n) is 13.9. The molecule has 4 heteroatoms. The van der Waals surface area contributed by atoms with E-state index in [2.05, 4.69) is 4.98 Å². The van der Waals surface area contributed by atoms with Gasteiger partial charge in [0, 0.05) is 23.8 Å². The number of pyridine rings is 1. The van der Waals surface area contributed by atoms with Crippen molar-refractivity contribution in [1.82, 2.24) is 4.98 Å². The standard InChI is InChI=1S/C20H18ClNO2/c1-11-7-12(2)17(13(3)8-11)18-16(23)10-15(19(18)24)9-14-5-4-6-22-20(14)21/h4-9,18H,10H2,1-3H3. The highest BCUT2D eigenvalue weighted by atomic mass is 35.5. The number of aryl methyl sites for hydroxylation is 3. The molecule has 1 aromatic heterocycles. The molecule has 2 aromatic rings. The maximum Gasteiger partial charge on any atom is 0.174 e. The van der Waals surface area contributed by atoms with Crippen LogP contribution < -0.4 is 0 Å². The molecule has 0 radical (unpaired) electrons. The predicted octanol–water partition coefficient (Wildman–Crippen LogP) is 4.37. The number of carbonyl (C=O) groups excluding carboxylic acids is 2. The first kappa shape index (κ1) is 16.6. The van der Waals surface area contributed by atoms with Gasteiger partial charge in [0.2, 0.25) is 0 Å². The van der Waals surface area contributed by atoms with Crippen LogP contribution in [-0.4, -0.2) is 16.6 Å². The third-order valence-electron chi connectivity index (χ3n) is 4.41. The Morgan fingerprint density at radius 3 is 2.46 bits per heavy atom. The van der Waals surface area contributed by atoms with E-state index >= 15 is 0 Å². The first-order valence-corrected chi connectivity index (χ1v) is 8.22. The Balaban J connectivity index is 2.04.